The van der Waals surface area contributed by atoms with Crippen molar-refractivity contribution < 1.29 is 23.6 Å². The van der Waals surface area contributed by atoms with E-state index in [1.807, 2.05) is 0 Å². The van der Waals surface area contributed by atoms with Crippen LogP contribution in [0.2, 0.25) is 5.02 Å². The van der Waals surface area contributed by atoms with Gasteiger partial charge < -0.3 is 14.4 Å². The van der Waals surface area contributed by atoms with E-state index in [0.717, 1.165) is 0 Å². The fraction of sp³-hybridized carbons (Fsp3) is 0.125. The topological polar surface area (TPSA) is 72.6 Å². The molecule has 3 aromatic rings. The molecule has 3 rings (SSSR count). The number of aromatic nitrogens is 1. The number of carboxylic acid groups (broad SMARTS) is 1. The molecule has 0 saturated heterocycles. The van der Waals surface area contributed by atoms with Crippen molar-refractivity contribution in [2.75, 3.05) is 0 Å². The summed E-state index contributed by atoms with van der Waals surface area (Å²) in [7, 11) is 0. The number of ether oxygens (including phenoxy) is 1. The van der Waals surface area contributed by atoms with Gasteiger partial charge in [0.25, 0.3) is 0 Å². The maximum Gasteiger partial charge on any atom is 0.344 e. The number of carboxylic acids is 1. The first-order chi connectivity index (χ1) is 11.0. The van der Waals surface area contributed by atoms with Gasteiger partial charge in [0.1, 0.15) is 22.3 Å². The number of fused-ring (bicyclic) bond motifs is 1. The Morgan fingerprint density at radius 2 is 2.09 bits per heavy atom. The van der Waals surface area contributed by atoms with Gasteiger partial charge in [-0.25, -0.2) is 9.18 Å². The predicted octanol–water partition coefficient (Wildman–Crippen LogP) is 4.14. The zero-order valence-electron chi connectivity index (χ0n) is 11.9. The van der Waals surface area contributed by atoms with Crippen LogP contribution in [0, 0.1) is 5.82 Å². The molecule has 0 spiro atoms. The monoisotopic (exact) mass is 335 g/mol. The summed E-state index contributed by atoms with van der Waals surface area (Å²) >= 11 is 6.19. The maximum atomic E-state index is 13.9. The van der Waals surface area contributed by atoms with E-state index in [2.05, 4.69) is 5.16 Å². The Labute approximate surface area is 135 Å². The second-order valence-electron chi connectivity index (χ2n) is 4.86. The van der Waals surface area contributed by atoms with Crippen molar-refractivity contribution in [3.05, 3.63) is 47.2 Å². The number of carbonyl (C=O) groups is 1. The molecule has 1 aromatic heterocycles. The Morgan fingerprint density at radius 1 is 1.35 bits per heavy atom. The van der Waals surface area contributed by atoms with Crippen LogP contribution in [-0.4, -0.2) is 22.3 Å². The molecule has 0 bridgehead atoms. The lowest BCUT2D eigenvalue weighted by Gasteiger charge is -2.11. The Morgan fingerprint density at radius 3 is 2.78 bits per heavy atom. The van der Waals surface area contributed by atoms with Gasteiger partial charge in [-0.15, -0.1) is 0 Å². The molecule has 1 N–H and O–H groups in total. The normalized spacial score (nSPS) is 12.3. The molecule has 1 unspecified atom stereocenters. The molecule has 118 valence electrons. The van der Waals surface area contributed by atoms with E-state index in [1.54, 1.807) is 24.3 Å². The van der Waals surface area contributed by atoms with Crippen LogP contribution in [0.5, 0.6) is 5.75 Å². The van der Waals surface area contributed by atoms with Gasteiger partial charge in [0.15, 0.2) is 11.7 Å². The van der Waals surface area contributed by atoms with Gasteiger partial charge in [-0.3, -0.25) is 0 Å². The van der Waals surface area contributed by atoms with Crippen LogP contribution in [0.25, 0.3) is 22.2 Å². The Hall–Kier alpha value is -2.60. The minimum absolute atomic E-state index is 0.0886. The highest BCUT2D eigenvalue weighted by molar-refractivity contribution is 6.36. The van der Waals surface area contributed by atoms with Crippen molar-refractivity contribution in [3.8, 4) is 17.0 Å². The summed E-state index contributed by atoms with van der Waals surface area (Å²) in [6.07, 6.45) is -1.07. The molecule has 23 heavy (non-hydrogen) atoms. The van der Waals surface area contributed by atoms with Gasteiger partial charge >= 0.3 is 5.97 Å². The minimum Gasteiger partial charge on any atom is -0.479 e. The van der Waals surface area contributed by atoms with Crippen molar-refractivity contribution in [1.82, 2.24) is 5.16 Å². The second kappa shape index (κ2) is 5.89. The highest BCUT2D eigenvalue weighted by Gasteiger charge is 2.20. The first-order valence-electron chi connectivity index (χ1n) is 6.71. The van der Waals surface area contributed by atoms with E-state index in [9.17, 15) is 9.18 Å². The third-order valence-corrected chi connectivity index (χ3v) is 3.68. The van der Waals surface area contributed by atoms with Crippen LogP contribution >= 0.6 is 11.6 Å². The van der Waals surface area contributed by atoms with Crippen LogP contribution in [0.15, 0.2) is 40.9 Å². The first kappa shape index (κ1) is 15.3. The Balaban J connectivity index is 2.08. The molecule has 0 aliphatic heterocycles. The summed E-state index contributed by atoms with van der Waals surface area (Å²) in [6.45, 7) is 1.38. The van der Waals surface area contributed by atoms with Gasteiger partial charge in [0, 0.05) is 5.56 Å². The fourth-order valence-electron chi connectivity index (χ4n) is 2.13. The van der Waals surface area contributed by atoms with Crippen LogP contribution in [0.1, 0.15) is 6.92 Å². The maximum absolute atomic E-state index is 13.9. The number of halogens is 2. The van der Waals surface area contributed by atoms with E-state index in [-0.39, 0.29) is 21.9 Å². The molecule has 0 aliphatic rings. The largest absolute Gasteiger partial charge is 0.479 e. The molecule has 0 fully saturated rings. The standard InChI is InChI=1S/C16H11ClFNO4/c1-8(16(20)21)22-12-7-6-10-14(19-23-15(10)13(12)17)9-4-2-3-5-11(9)18/h2-8H,1H3,(H,20,21). The number of aliphatic carboxylic acids is 1. The van der Waals surface area contributed by atoms with Crippen LogP contribution < -0.4 is 4.74 Å². The third kappa shape index (κ3) is 2.73. The summed E-state index contributed by atoms with van der Waals surface area (Å²) < 4.78 is 24.4. The Kier molecular flexibility index (Phi) is 3.92. The van der Waals surface area contributed by atoms with Gasteiger partial charge in [-0.1, -0.05) is 28.9 Å². The van der Waals surface area contributed by atoms with E-state index < -0.39 is 17.9 Å². The quantitative estimate of drug-likeness (QED) is 0.775. The summed E-state index contributed by atoms with van der Waals surface area (Å²) in [5.74, 6) is -1.39. The van der Waals surface area contributed by atoms with Gasteiger partial charge in [-0.05, 0) is 31.2 Å². The molecule has 1 heterocycles. The molecule has 0 amide bonds. The Bertz CT molecular complexity index is 893. The smallest absolute Gasteiger partial charge is 0.344 e. The van der Waals surface area contributed by atoms with Gasteiger partial charge in [0.05, 0.1) is 5.39 Å². The lowest BCUT2D eigenvalue weighted by molar-refractivity contribution is -0.144. The molecule has 0 aliphatic carbocycles. The lowest BCUT2D eigenvalue weighted by Crippen LogP contribution is -2.22. The van der Waals surface area contributed by atoms with Crippen molar-refractivity contribution in [1.29, 1.82) is 0 Å². The average molecular weight is 336 g/mol. The number of hydrogen-bond donors (Lipinski definition) is 1. The zero-order valence-corrected chi connectivity index (χ0v) is 12.7. The SMILES string of the molecule is CC(Oc1ccc2c(-c3ccccc3F)noc2c1Cl)C(=O)O. The van der Waals surface area contributed by atoms with E-state index in [4.69, 9.17) is 26.0 Å². The van der Waals surface area contributed by atoms with Crippen molar-refractivity contribution in [2.24, 2.45) is 0 Å². The summed E-state index contributed by atoms with van der Waals surface area (Å²) in [6, 6.07) is 9.27. The van der Waals surface area contributed by atoms with E-state index in [1.165, 1.54) is 19.1 Å². The summed E-state index contributed by atoms with van der Waals surface area (Å²) in [5.41, 5.74) is 0.813. The number of nitrogens with zero attached hydrogens (tertiary/aromatic N) is 1. The van der Waals surface area contributed by atoms with Crippen LogP contribution in [-0.2, 0) is 4.79 Å². The zero-order chi connectivity index (χ0) is 16.6. The molecular weight excluding hydrogens is 325 g/mol. The van der Waals surface area contributed by atoms with Gasteiger partial charge in [0.2, 0.25) is 0 Å². The van der Waals surface area contributed by atoms with E-state index >= 15 is 0 Å². The number of rotatable bonds is 4. The highest BCUT2D eigenvalue weighted by Crippen LogP contribution is 2.38. The summed E-state index contributed by atoms with van der Waals surface area (Å²) in [5, 5.41) is 13.4. The van der Waals surface area contributed by atoms with E-state index in [0.29, 0.717) is 11.1 Å². The number of benzene rings is 2. The number of hydrogen-bond acceptors (Lipinski definition) is 4. The molecule has 1 atom stereocenters. The molecular formula is C16H11ClFNO4. The van der Waals surface area contributed by atoms with Crippen LogP contribution in [0.3, 0.4) is 0 Å². The first-order valence-corrected chi connectivity index (χ1v) is 7.09. The predicted molar refractivity (Wildman–Crippen MR) is 82.1 cm³/mol. The minimum atomic E-state index is -1.12. The van der Waals surface area contributed by atoms with Crippen molar-refractivity contribution in [2.45, 2.75) is 13.0 Å². The van der Waals surface area contributed by atoms with Crippen molar-refractivity contribution >= 4 is 28.5 Å². The fourth-order valence-corrected chi connectivity index (χ4v) is 2.38. The average Bonchev–Trinajstić information content (AvgIpc) is 2.95. The van der Waals surface area contributed by atoms with Gasteiger partial charge in [-0.2, -0.15) is 0 Å². The molecule has 0 saturated carbocycles. The highest BCUT2D eigenvalue weighted by atomic mass is 35.5. The molecule has 0 radical (unpaired) electrons. The van der Waals surface area contributed by atoms with Crippen molar-refractivity contribution in [3.63, 3.8) is 0 Å². The molecule has 7 heteroatoms. The molecule has 2 aromatic carbocycles. The lowest BCUT2D eigenvalue weighted by atomic mass is 10.1. The third-order valence-electron chi connectivity index (χ3n) is 3.33. The molecule has 5 nitrogen and oxygen atoms in total. The summed E-state index contributed by atoms with van der Waals surface area (Å²) in [4.78, 5) is 10.9. The second-order valence-corrected chi connectivity index (χ2v) is 5.24. The van der Waals surface area contributed by atoms with Crippen LogP contribution in [0.4, 0.5) is 4.39 Å².